The molecule has 3 aromatic rings. The van der Waals surface area contributed by atoms with E-state index in [4.69, 9.17) is 18.3 Å². The minimum atomic E-state index is -0.521. The maximum Gasteiger partial charge on any atom is 0.163 e. The number of rotatable bonds is 4. The zero-order valence-electron chi connectivity index (χ0n) is 14.4. The second kappa shape index (κ2) is 6.44. The Labute approximate surface area is 149 Å². The molecule has 136 valence electrons. The third kappa shape index (κ3) is 2.91. The summed E-state index contributed by atoms with van der Waals surface area (Å²) in [6, 6.07) is 10.5. The lowest BCUT2D eigenvalue weighted by atomic mass is 9.92. The van der Waals surface area contributed by atoms with Crippen LogP contribution in [0.2, 0.25) is 0 Å². The molecule has 1 aromatic carbocycles. The van der Waals surface area contributed by atoms with Crippen molar-refractivity contribution in [1.82, 2.24) is 0 Å². The predicted molar refractivity (Wildman–Crippen MR) is 92.9 cm³/mol. The van der Waals surface area contributed by atoms with E-state index in [-0.39, 0.29) is 10.9 Å². The van der Waals surface area contributed by atoms with E-state index in [1.54, 1.807) is 6.07 Å². The number of anilines is 1. The van der Waals surface area contributed by atoms with Crippen LogP contribution < -0.4 is 14.7 Å². The van der Waals surface area contributed by atoms with Crippen molar-refractivity contribution in [3.05, 3.63) is 70.2 Å². The molecular weight excluding hydrogens is 338 g/mol. The summed E-state index contributed by atoms with van der Waals surface area (Å²) in [6.07, 6.45) is 0. The van der Waals surface area contributed by atoms with Crippen LogP contribution in [-0.2, 0) is 0 Å². The smallest absolute Gasteiger partial charge is 0.163 e. The first-order valence-corrected chi connectivity index (χ1v) is 8.25. The van der Waals surface area contributed by atoms with Crippen LogP contribution in [0.5, 0.6) is 11.5 Å². The second-order valence-electron chi connectivity index (χ2n) is 6.16. The molecule has 3 heterocycles. The number of hydrogen-bond donors (Lipinski definition) is 1. The maximum absolute atomic E-state index is 11.8. The zero-order valence-corrected chi connectivity index (χ0v) is 14.4. The summed E-state index contributed by atoms with van der Waals surface area (Å²) < 4.78 is 22.8. The van der Waals surface area contributed by atoms with Crippen molar-refractivity contribution < 1.29 is 23.5 Å². The lowest BCUT2D eigenvalue weighted by molar-refractivity contribution is 0.171. The highest BCUT2D eigenvalue weighted by atomic mass is 16.8. The molecule has 2 aromatic heterocycles. The molecule has 4 rings (SSSR count). The molecule has 7 heteroatoms. The lowest BCUT2D eigenvalue weighted by Crippen LogP contribution is -2.18. The summed E-state index contributed by atoms with van der Waals surface area (Å²) in [5, 5.41) is 21.3. The number of benzene rings is 1. The first kappa shape index (κ1) is 16.6. The van der Waals surface area contributed by atoms with E-state index in [1.807, 2.05) is 38.1 Å². The van der Waals surface area contributed by atoms with Gasteiger partial charge in [-0.1, -0.05) is 0 Å². The Morgan fingerprint density at radius 1 is 0.923 bits per heavy atom. The number of furan rings is 2. The average Bonchev–Trinajstić information content (AvgIpc) is 3.23. The van der Waals surface area contributed by atoms with Crippen molar-refractivity contribution >= 4 is 5.69 Å². The summed E-state index contributed by atoms with van der Waals surface area (Å²) in [5.41, 5.74) is 0.540. The summed E-state index contributed by atoms with van der Waals surface area (Å²) >= 11 is 0. The van der Waals surface area contributed by atoms with Crippen molar-refractivity contribution in [2.45, 2.75) is 19.8 Å². The van der Waals surface area contributed by atoms with E-state index in [1.165, 1.54) is 6.07 Å². The van der Waals surface area contributed by atoms with Crippen LogP contribution in [-0.4, -0.2) is 18.4 Å². The van der Waals surface area contributed by atoms with Crippen LogP contribution in [0, 0.1) is 19.1 Å². The quantitative estimate of drug-likeness (QED) is 0.703. The van der Waals surface area contributed by atoms with Gasteiger partial charge < -0.3 is 28.7 Å². The highest BCUT2D eigenvalue weighted by Crippen LogP contribution is 2.44. The lowest BCUT2D eigenvalue weighted by Gasteiger charge is -2.29. The Bertz CT molecular complexity index is 886. The van der Waals surface area contributed by atoms with Gasteiger partial charge in [0, 0.05) is 6.07 Å². The SMILES string of the molecule is Cc1ccc(C(c2ccc(C)o2)c2cc3c(cc2N([O-])O)OCCO3)o1. The molecule has 0 fully saturated rings. The maximum atomic E-state index is 11.8. The van der Waals surface area contributed by atoms with Crippen molar-refractivity contribution in [2.75, 3.05) is 18.4 Å². The topological polar surface area (TPSA) is 91.3 Å². The highest BCUT2D eigenvalue weighted by Gasteiger charge is 2.29. The van der Waals surface area contributed by atoms with Gasteiger partial charge in [-0.25, -0.2) is 0 Å². The second-order valence-corrected chi connectivity index (χ2v) is 6.16. The van der Waals surface area contributed by atoms with E-state index in [2.05, 4.69) is 0 Å². The monoisotopic (exact) mass is 356 g/mol. The standard InChI is InChI=1S/C19H18NO6/c1-11-3-5-15(25-11)19(16-6-4-12(2)26-16)13-9-17-18(24-8-7-23-17)10-14(13)20(21)22/h3-6,9-10,19,21H,7-8H2,1-2H3/q-1. The van der Waals surface area contributed by atoms with Gasteiger partial charge in [0.1, 0.15) is 42.2 Å². The van der Waals surface area contributed by atoms with Gasteiger partial charge in [0.05, 0.1) is 5.69 Å². The Morgan fingerprint density at radius 2 is 1.46 bits per heavy atom. The fraction of sp³-hybridized carbons (Fsp3) is 0.263. The molecule has 0 spiro atoms. The number of ether oxygens (including phenoxy) is 2. The molecule has 0 aliphatic carbocycles. The van der Waals surface area contributed by atoms with Crippen molar-refractivity contribution in [3.8, 4) is 11.5 Å². The number of aryl methyl sites for hydroxylation is 2. The Hall–Kier alpha value is -2.90. The van der Waals surface area contributed by atoms with Crippen LogP contribution in [0.1, 0.15) is 34.5 Å². The van der Waals surface area contributed by atoms with Gasteiger partial charge in [-0.05, 0) is 49.7 Å². The number of fused-ring (bicyclic) bond motifs is 1. The summed E-state index contributed by atoms with van der Waals surface area (Å²) in [5.74, 6) is 3.05. The van der Waals surface area contributed by atoms with Gasteiger partial charge in [0.25, 0.3) is 0 Å². The van der Waals surface area contributed by atoms with Gasteiger partial charge in [-0.2, -0.15) is 0 Å². The molecule has 0 saturated heterocycles. The number of hydrogen-bond acceptors (Lipinski definition) is 7. The molecule has 7 nitrogen and oxygen atoms in total. The number of nitrogens with zero attached hydrogens (tertiary/aromatic N) is 1. The third-order valence-corrected chi connectivity index (χ3v) is 4.30. The fourth-order valence-electron chi connectivity index (χ4n) is 3.15. The van der Waals surface area contributed by atoms with Crippen molar-refractivity contribution in [3.63, 3.8) is 0 Å². The Morgan fingerprint density at radius 3 is 1.92 bits per heavy atom. The van der Waals surface area contributed by atoms with Gasteiger partial charge in [0.2, 0.25) is 0 Å². The molecule has 1 aliphatic rings. The van der Waals surface area contributed by atoms with Crippen LogP contribution in [0.4, 0.5) is 5.69 Å². The molecular formula is C19H18NO6-. The molecule has 1 N–H and O–H groups in total. The minimum Gasteiger partial charge on any atom is -0.733 e. The Kier molecular flexibility index (Phi) is 4.10. The highest BCUT2D eigenvalue weighted by molar-refractivity contribution is 5.65. The fourth-order valence-corrected chi connectivity index (χ4v) is 3.15. The van der Waals surface area contributed by atoms with Crippen LogP contribution >= 0.6 is 0 Å². The molecule has 0 saturated carbocycles. The summed E-state index contributed by atoms with van der Waals surface area (Å²) in [6.45, 7) is 4.47. The van der Waals surface area contributed by atoms with Crippen molar-refractivity contribution in [1.29, 1.82) is 0 Å². The van der Waals surface area contributed by atoms with Gasteiger partial charge in [-0.15, -0.1) is 0 Å². The van der Waals surface area contributed by atoms with Gasteiger partial charge in [-0.3, -0.25) is 5.21 Å². The van der Waals surface area contributed by atoms with E-state index in [0.29, 0.717) is 41.8 Å². The van der Waals surface area contributed by atoms with E-state index >= 15 is 0 Å². The van der Waals surface area contributed by atoms with E-state index in [0.717, 1.165) is 11.5 Å². The summed E-state index contributed by atoms with van der Waals surface area (Å²) in [4.78, 5) is 0. The first-order valence-electron chi connectivity index (χ1n) is 8.25. The van der Waals surface area contributed by atoms with Gasteiger partial charge in [0.15, 0.2) is 11.5 Å². The molecule has 26 heavy (non-hydrogen) atoms. The largest absolute Gasteiger partial charge is 0.733 e. The Balaban J connectivity index is 1.92. The van der Waals surface area contributed by atoms with Crippen molar-refractivity contribution in [2.24, 2.45) is 0 Å². The van der Waals surface area contributed by atoms with E-state index in [9.17, 15) is 10.4 Å². The molecule has 0 atom stereocenters. The van der Waals surface area contributed by atoms with Gasteiger partial charge >= 0.3 is 0 Å². The minimum absolute atomic E-state index is 0.0438. The van der Waals surface area contributed by atoms with E-state index < -0.39 is 5.92 Å². The normalized spacial score (nSPS) is 13.3. The molecule has 0 radical (unpaired) electrons. The third-order valence-electron chi connectivity index (χ3n) is 4.30. The first-order chi connectivity index (χ1) is 12.5. The van der Waals surface area contributed by atoms with Crippen LogP contribution in [0.15, 0.2) is 45.2 Å². The van der Waals surface area contributed by atoms with Crippen LogP contribution in [0.3, 0.4) is 0 Å². The predicted octanol–water partition coefficient (Wildman–Crippen LogP) is 4.13. The molecule has 0 bridgehead atoms. The summed E-state index contributed by atoms with van der Waals surface area (Å²) in [7, 11) is 0. The average molecular weight is 356 g/mol. The molecule has 1 aliphatic heterocycles. The van der Waals surface area contributed by atoms with Crippen LogP contribution in [0.25, 0.3) is 0 Å². The molecule has 0 unspecified atom stereocenters. The zero-order chi connectivity index (χ0) is 18.3. The molecule has 0 amide bonds.